The summed E-state index contributed by atoms with van der Waals surface area (Å²) in [4.78, 5) is 12.8. The van der Waals surface area contributed by atoms with Gasteiger partial charge in [-0.25, -0.2) is 9.97 Å². The third-order valence-electron chi connectivity index (χ3n) is 11.7. The molecule has 3 aliphatic carbocycles. The second kappa shape index (κ2) is 11.5. The Morgan fingerprint density at radius 1 is 0.769 bits per heavy atom. The normalized spacial score (nSPS) is 19.0. The molecule has 0 saturated heterocycles. The van der Waals surface area contributed by atoms with Crippen molar-refractivity contribution in [3.63, 3.8) is 0 Å². The van der Waals surface area contributed by atoms with Gasteiger partial charge < -0.3 is 4.90 Å². The van der Waals surface area contributed by atoms with Crippen LogP contribution in [0, 0.1) is 5.92 Å². The van der Waals surface area contributed by atoms with Crippen LogP contribution in [0.1, 0.15) is 55.0 Å². The van der Waals surface area contributed by atoms with Crippen LogP contribution < -0.4 is 4.90 Å². The predicted octanol–water partition coefficient (Wildman–Crippen LogP) is 12.4. The molecule has 1 aromatic heterocycles. The third kappa shape index (κ3) is 4.45. The first kappa shape index (κ1) is 30.7. The van der Waals surface area contributed by atoms with Crippen LogP contribution in [0.2, 0.25) is 0 Å². The molecule has 0 N–H and O–H groups in total. The van der Waals surface area contributed by atoms with Crippen LogP contribution in [0.25, 0.3) is 55.8 Å². The quantitative estimate of drug-likeness (QED) is 0.188. The Balaban J connectivity index is 1.23. The number of hydrogen-bond donors (Lipinski definition) is 0. The second-order valence-corrected chi connectivity index (χ2v) is 15.1. The summed E-state index contributed by atoms with van der Waals surface area (Å²) in [5, 5.41) is 1.05. The van der Waals surface area contributed by atoms with Crippen LogP contribution in [-0.2, 0) is 11.8 Å². The topological polar surface area (TPSA) is 29.0 Å². The van der Waals surface area contributed by atoms with E-state index in [1.165, 1.54) is 50.2 Å². The fourth-order valence-corrected chi connectivity index (χ4v) is 9.22. The lowest BCUT2D eigenvalue weighted by molar-refractivity contribution is 0.658. The fourth-order valence-electron chi connectivity index (χ4n) is 9.22. The highest BCUT2D eigenvalue weighted by Crippen LogP contribution is 2.61. The molecule has 3 heteroatoms. The summed E-state index contributed by atoms with van der Waals surface area (Å²) in [5.74, 6) is 1.21. The highest BCUT2D eigenvalue weighted by Gasteiger charge is 2.45. The van der Waals surface area contributed by atoms with Crippen molar-refractivity contribution in [2.75, 3.05) is 4.90 Å². The zero-order valence-corrected chi connectivity index (χ0v) is 29.8. The van der Waals surface area contributed by atoms with Crippen molar-refractivity contribution in [3.05, 3.63) is 180 Å². The van der Waals surface area contributed by atoms with E-state index in [0.717, 1.165) is 51.8 Å². The molecule has 6 aromatic rings. The largest absolute Gasteiger partial charge is 0.316 e. The van der Waals surface area contributed by atoms with Gasteiger partial charge in [-0.2, -0.15) is 0 Å². The highest BCUT2D eigenvalue weighted by molar-refractivity contribution is 6.06. The van der Waals surface area contributed by atoms with Gasteiger partial charge in [0.1, 0.15) is 0 Å². The van der Waals surface area contributed by atoms with E-state index in [9.17, 15) is 0 Å². The number of aromatic nitrogens is 2. The summed E-state index contributed by atoms with van der Waals surface area (Å²) < 4.78 is 0. The van der Waals surface area contributed by atoms with Crippen LogP contribution >= 0.6 is 0 Å². The molecule has 250 valence electrons. The Morgan fingerprint density at radius 2 is 1.56 bits per heavy atom. The average molecular weight is 670 g/mol. The Hall–Kier alpha value is -6.06. The maximum Gasteiger partial charge on any atom is 0.160 e. The van der Waals surface area contributed by atoms with Gasteiger partial charge in [-0.1, -0.05) is 142 Å². The molecule has 0 bridgehead atoms. The van der Waals surface area contributed by atoms with Crippen LogP contribution in [-0.4, -0.2) is 9.97 Å². The first-order chi connectivity index (χ1) is 25.4. The number of anilines is 2. The van der Waals surface area contributed by atoms with Crippen molar-refractivity contribution in [1.82, 2.24) is 9.97 Å². The molecule has 1 unspecified atom stereocenters. The maximum absolute atomic E-state index is 5.23. The van der Waals surface area contributed by atoms with Crippen molar-refractivity contribution in [2.45, 2.75) is 39.0 Å². The van der Waals surface area contributed by atoms with Gasteiger partial charge in [0.15, 0.2) is 5.82 Å². The Kier molecular flexibility index (Phi) is 6.79. The van der Waals surface area contributed by atoms with E-state index in [0.29, 0.717) is 11.7 Å². The molecule has 0 fully saturated rings. The molecule has 0 amide bonds. The number of rotatable bonds is 3. The smallest absolute Gasteiger partial charge is 0.160 e. The lowest BCUT2D eigenvalue weighted by Gasteiger charge is -2.33. The summed E-state index contributed by atoms with van der Waals surface area (Å²) >= 11 is 0. The molecule has 4 aliphatic rings. The molecule has 3 nitrogen and oxygen atoms in total. The number of benzene rings is 5. The second-order valence-electron chi connectivity index (χ2n) is 15.1. The number of fused-ring (bicyclic) bond motifs is 10. The van der Waals surface area contributed by atoms with Crippen molar-refractivity contribution < 1.29 is 0 Å². The molecule has 1 aliphatic heterocycles. The van der Waals surface area contributed by atoms with E-state index >= 15 is 0 Å². The molecule has 0 spiro atoms. The Labute approximate surface area is 305 Å². The van der Waals surface area contributed by atoms with E-state index in [-0.39, 0.29) is 5.41 Å². The SMILES string of the molecule is C=C1/C=C\C=C/N(c2cccc(-c3nc(-c4ccccc4)c4ccccc4n3)c2)c2c3c(c4c(c21)-c1ccccc1C4(C)C)C1=C(C3)C(C)CC=C1. The fraction of sp³-hybridized carbons (Fsp3) is 0.143. The third-order valence-corrected chi connectivity index (χ3v) is 11.7. The Morgan fingerprint density at radius 3 is 2.44 bits per heavy atom. The van der Waals surface area contributed by atoms with Crippen LogP contribution in [0.3, 0.4) is 0 Å². The lowest BCUT2D eigenvalue weighted by atomic mass is 9.76. The van der Waals surface area contributed by atoms with Crippen LogP contribution in [0.15, 0.2) is 152 Å². The van der Waals surface area contributed by atoms with Crippen molar-refractivity contribution >= 4 is 33.4 Å². The van der Waals surface area contributed by atoms with E-state index in [1.54, 1.807) is 5.57 Å². The summed E-state index contributed by atoms with van der Waals surface area (Å²) in [6.07, 6.45) is 15.5. The van der Waals surface area contributed by atoms with Gasteiger partial charge in [0, 0.05) is 39.4 Å². The van der Waals surface area contributed by atoms with Crippen LogP contribution in [0.4, 0.5) is 11.4 Å². The zero-order chi connectivity index (χ0) is 35.1. The molecule has 0 saturated carbocycles. The minimum absolute atomic E-state index is 0.154. The monoisotopic (exact) mass is 669 g/mol. The van der Waals surface area contributed by atoms with Gasteiger partial charge >= 0.3 is 0 Å². The molecule has 2 heterocycles. The van der Waals surface area contributed by atoms with E-state index in [2.05, 4.69) is 159 Å². The minimum Gasteiger partial charge on any atom is -0.316 e. The first-order valence-electron chi connectivity index (χ1n) is 18.4. The van der Waals surface area contributed by atoms with E-state index < -0.39 is 0 Å². The molecule has 0 radical (unpaired) electrons. The first-order valence-corrected chi connectivity index (χ1v) is 18.4. The summed E-state index contributed by atoms with van der Waals surface area (Å²) in [7, 11) is 0. The number of nitrogens with zero attached hydrogens (tertiary/aromatic N) is 3. The average Bonchev–Trinajstić information content (AvgIpc) is 3.66. The van der Waals surface area contributed by atoms with Gasteiger partial charge in [0.25, 0.3) is 0 Å². The lowest BCUT2D eigenvalue weighted by Crippen LogP contribution is -2.20. The van der Waals surface area contributed by atoms with Crippen molar-refractivity contribution in [1.29, 1.82) is 0 Å². The molecule has 52 heavy (non-hydrogen) atoms. The molecule has 5 aromatic carbocycles. The summed E-state index contributed by atoms with van der Waals surface area (Å²) in [6.45, 7) is 12.0. The van der Waals surface area contributed by atoms with E-state index in [4.69, 9.17) is 16.5 Å². The Bertz CT molecular complexity index is 2630. The minimum atomic E-state index is -0.154. The van der Waals surface area contributed by atoms with Crippen molar-refractivity contribution in [3.8, 4) is 33.8 Å². The van der Waals surface area contributed by atoms with Gasteiger partial charge in [-0.3, -0.25) is 0 Å². The number of allylic oxidation sites excluding steroid dienone is 8. The van der Waals surface area contributed by atoms with E-state index in [1.807, 2.05) is 6.07 Å². The van der Waals surface area contributed by atoms with Gasteiger partial charge in [-0.15, -0.1) is 0 Å². The van der Waals surface area contributed by atoms with Crippen molar-refractivity contribution in [2.24, 2.45) is 5.92 Å². The standard InChI is InChI=1S/C49H39N3/c1-30-17-14-24-35-38(30)29-39-43(35)45-44(36-22-8-10-25-40(36)49(45,3)4)42-31(2)16-12-13-27-52(47(39)42)34-21-15-20-33(28-34)48-50-41-26-11-9-23-37(41)46(51-48)32-18-6-5-7-19-32/h5-16,18-28,30H,2,17,29H2,1,3-4H3/b16-12-,27-13-. The molecular formula is C49H39N3. The van der Waals surface area contributed by atoms with Gasteiger partial charge in [-0.05, 0) is 87.6 Å². The maximum atomic E-state index is 5.23. The summed E-state index contributed by atoms with van der Waals surface area (Å²) in [5.41, 5.74) is 19.6. The zero-order valence-electron chi connectivity index (χ0n) is 29.8. The number of para-hydroxylation sites is 1. The summed E-state index contributed by atoms with van der Waals surface area (Å²) in [6, 6.07) is 36.5. The van der Waals surface area contributed by atoms with Gasteiger partial charge in [0.05, 0.1) is 16.9 Å². The molecule has 1 atom stereocenters. The molecule has 10 rings (SSSR count). The molecular weight excluding hydrogens is 631 g/mol. The van der Waals surface area contributed by atoms with Crippen LogP contribution in [0.5, 0.6) is 0 Å². The highest BCUT2D eigenvalue weighted by atomic mass is 15.1. The van der Waals surface area contributed by atoms with Gasteiger partial charge in [0.2, 0.25) is 0 Å². The number of hydrogen-bond acceptors (Lipinski definition) is 3. The predicted molar refractivity (Wildman–Crippen MR) is 217 cm³/mol.